The summed E-state index contributed by atoms with van der Waals surface area (Å²) >= 11 is 0. The molecule has 2 amide bonds. The SMILES string of the molecule is O=C1COc2ccc(C(=O)N3CCc4ccccc4C3)cc2N1. The Kier molecular flexibility index (Phi) is 3.26. The van der Waals surface area contributed by atoms with Crippen LogP contribution in [0, 0.1) is 0 Å². The normalized spacial score (nSPS) is 16.0. The molecule has 0 saturated heterocycles. The van der Waals surface area contributed by atoms with Gasteiger partial charge in [0.1, 0.15) is 5.75 Å². The van der Waals surface area contributed by atoms with Gasteiger partial charge in [-0.3, -0.25) is 9.59 Å². The van der Waals surface area contributed by atoms with Crippen molar-refractivity contribution >= 4 is 17.5 Å². The van der Waals surface area contributed by atoms with E-state index < -0.39 is 0 Å². The van der Waals surface area contributed by atoms with Gasteiger partial charge in [0.05, 0.1) is 5.69 Å². The summed E-state index contributed by atoms with van der Waals surface area (Å²) < 4.78 is 5.33. The van der Waals surface area contributed by atoms with Crippen molar-refractivity contribution in [2.75, 3.05) is 18.5 Å². The van der Waals surface area contributed by atoms with Gasteiger partial charge in [-0.15, -0.1) is 0 Å². The van der Waals surface area contributed by atoms with E-state index in [4.69, 9.17) is 4.74 Å². The van der Waals surface area contributed by atoms with E-state index in [9.17, 15) is 9.59 Å². The number of nitrogens with zero attached hydrogens (tertiary/aromatic N) is 1. The molecule has 0 atom stereocenters. The van der Waals surface area contributed by atoms with Crippen molar-refractivity contribution < 1.29 is 14.3 Å². The smallest absolute Gasteiger partial charge is 0.262 e. The van der Waals surface area contributed by atoms with Crippen molar-refractivity contribution in [3.63, 3.8) is 0 Å². The molecule has 2 aromatic rings. The lowest BCUT2D eigenvalue weighted by atomic mass is 9.99. The number of anilines is 1. The maximum atomic E-state index is 12.7. The third-order valence-electron chi connectivity index (χ3n) is 4.28. The van der Waals surface area contributed by atoms with Crippen LogP contribution in [0.3, 0.4) is 0 Å². The van der Waals surface area contributed by atoms with Crippen LogP contribution in [0.15, 0.2) is 42.5 Å². The minimum absolute atomic E-state index is 0.0171. The standard InChI is InChI=1S/C18H16N2O3/c21-17-11-23-16-6-5-13(9-15(16)19-17)18(22)20-8-7-12-3-1-2-4-14(12)10-20/h1-6,9H,7-8,10-11H2,(H,19,21). The first kappa shape index (κ1) is 13.8. The fraction of sp³-hybridized carbons (Fsp3) is 0.222. The molecular weight excluding hydrogens is 292 g/mol. The Morgan fingerprint density at radius 1 is 1.13 bits per heavy atom. The molecule has 2 aliphatic heterocycles. The summed E-state index contributed by atoms with van der Waals surface area (Å²) in [5.74, 6) is 0.376. The van der Waals surface area contributed by atoms with Gasteiger partial charge in [0.15, 0.2) is 6.61 Å². The first-order valence-corrected chi connectivity index (χ1v) is 7.63. The van der Waals surface area contributed by atoms with Crippen LogP contribution in [0.2, 0.25) is 0 Å². The van der Waals surface area contributed by atoms with Crippen molar-refractivity contribution in [1.82, 2.24) is 4.90 Å². The van der Waals surface area contributed by atoms with Crippen LogP contribution in [0.25, 0.3) is 0 Å². The lowest BCUT2D eigenvalue weighted by Gasteiger charge is -2.29. The predicted octanol–water partition coefficient (Wildman–Crippen LogP) is 2.22. The highest BCUT2D eigenvalue weighted by Crippen LogP contribution is 2.29. The second-order valence-corrected chi connectivity index (χ2v) is 5.79. The summed E-state index contributed by atoms with van der Waals surface area (Å²) in [4.78, 5) is 26.0. The number of amides is 2. The Labute approximate surface area is 133 Å². The van der Waals surface area contributed by atoms with Crippen molar-refractivity contribution in [3.8, 4) is 5.75 Å². The topological polar surface area (TPSA) is 58.6 Å². The Hall–Kier alpha value is -2.82. The van der Waals surface area contributed by atoms with Gasteiger partial charge in [0, 0.05) is 18.7 Å². The number of fused-ring (bicyclic) bond motifs is 2. The number of rotatable bonds is 1. The van der Waals surface area contributed by atoms with Gasteiger partial charge in [0.2, 0.25) is 0 Å². The quantitative estimate of drug-likeness (QED) is 0.879. The summed E-state index contributed by atoms with van der Waals surface area (Å²) in [7, 11) is 0. The third-order valence-corrected chi connectivity index (χ3v) is 4.28. The van der Waals surface area contributed by atoms with Crippen molar-refractivity contribution in [2.45, 2.75) is 13.0 Å². The minimum Gasteiger partial charge on any atom is -0.482 e. The fourth-order valence-electron chi connectivity index (χ4n) is 3.07. The summed E-state index contributed by atoms with van der Waals surface area (Å²) in [6.07, 6.45) is 0.868. The van der Waals surface area contributed by atoms with Gasteiger partial charge in [0.25, 0.3) is 11.8 Å². The molecule has 2 aromatic carbocycles. The number of carbonyl (C=O) groups excluding carboxylic acids is 2. The number of benzene rings is 2. The molecule has 2 aliphatic rings. The lowest BCUT2D eigenvalue weighted by molar-refractivity contribution is -0.118. The summed E-state index contributed by atoms with van der Waals surface area (Å²) in [5.41, 5.74) is 3.63. The minimum atomic E-state index is -0.200. The van der Waals surface area contributed by atoms with Gasteiger partial charge in [-0.05, 0) is 35.7 Å². The van der Waals surface area contributed by atoms with Gasteiger partial charge in [-0.1, -0.05) is 24.3 Å². The molecule has 0 aromatic heterocycles. The van der Waals surface area contributed by atoms with Crippen molar-refractivity contribution in [1.29, 1.82) is 0 Å². The zero-order valence-corrected chi connectivity index (χ0v) is 12.5. The van der Waals surface area contributed by atoms with Crippen LogP contribution in [0.4, 0.5) is 5.69 Å². The van der Waals surface area contributed by atoms with Gasteiger partial charge in [-0.2, -0.15) is 0 Å². The molecule has 0 unspecified atom stereocenters. The zero-order valence-electron chi connectivity index (χ0n) is 12.5. The van der Waals surface area contributed by atoms with E-state index in [2.05, 4.69) is 17.4 Å². The molecule has 0 spiro atoms. The average Bonchev–Trinajstić information content (AvgIpc) is 2.60. The molecule has 5 nitrogen and oxygen atoms in total. The van der Waals surface area contributed by atoms with E-state index in [1.54, 1.807) is 18.2 Å². The van der Waals surface area contributed by atoms with E-state index in [0.29, 0.717) is 30.1 Å². The van der Waals surface area contributed by atoms with Crippen LogP contribution in [0.5, 0.6) is 5.75 Å². The van der Waals surface area contributed by atoms with E-state index in [0.717, 1.165) is 6.42 Å². The Morgan fingerprint density at radius 3 is 2.83 bits per heavy atom. The van der Waals surface area contributed by atoms with E-state index in [-0.39, 0.29) is 18.4 Å². The molecule has 0 fully saturated rings. The van der Waals surface area contributed by atoms with E-state index in [1.165, 1.54) is 11.1 Å². The largest absolute Gasteiger partial charge is 0.482 e. The third kappa shape index (κ3) is 2.54. The molecule has 0 bridgehead atoms. The van der Waals surface area contributed by atoms with Crippen LogP contribution >= 0.6 is 0 Å². The highest BCUT2D eigenvalue weighted by molar-refractivity contribution is 5.99. The highest BCUT2D eigenvalue weighted by atomic mass is 16.5. The van der Waals surface area contributed by atoms with E-state index >= 15 is 0 Å². The van der Waals surface area contributed by atoms with Crippen molar-refractivity contribution in [2.24, 2.45) is 0 Å². The first-order valence-electron chi connectivity index (χ1n) is 7.63. The number of hydrogen-bond donors (Lipinski definition) is 1. The monoisotopic (exact) mass is 308 g/mol. The number of hydrogen-bond acceptors (Lipinski definition) is 3. The molecule has 23 heavy (non-hydrogen) atoms. The predicted molar refractivity (Wildman–Crippen MR) is 85.5 cm³/mol. The maximum absolute atomic E-state index is 12.7. The summed E-state index contributed by atoms with van der Waals surface area (Å²) in [5, 5.41) is 2.74. The Balaban J connectivity index is 1.58. The van der Waals surface area contributed by atoms with Gasteiger partial charge < -0.3 is 15.0 Å². The van der Waals surface area contributed by atoms with E-state index in [1.807, 2.05) is 17.0 Å². The van der Waals surface area contributed by atoms with Gasteiger partial charge in [-0.25, -0.2) is 0 Å². The second-order valence-electron chi connectivity index (χ2n) is 5.79. The van der Waals surface area contributed by atoms with Gasteiger partial charge >= 0.3 is 0 Å². The van der Waals surface area contributed by atoms with Crippen LogP contribution in [-0.4, -0.2) is 29.9 Å². The summed E-state index contributed by atoms with van der Waals surface area (Å²) in [6.45, 7) is 1.34. The average molecular weight is 308 g/mol. The fourth-order valence-corrected chi connectivity index (χ4v) is 3.07. The molecule has 4 rings (SSSR count). The number of nitrogens with one attached hydrogen (secondary N) is 1. The molecule has 0 aliphatic carbocycles. The molecule has 0 radical (unpaired) electrons. The number of carbonyl (C=O) groups is 2. The Bertz CT molecular complexity index is 801. The molecule has 2 heterocycles. The molecule has 1 N–H and O–H groups in total. The Morgan fingerprint density at radius 2 is 1.96 bits per heavy atom. The maximum Gasteiger partial charge on any atom is 0.262 e. The molecule has 5 heteroatoms. The molecule has 116 valence electrons. The highest BCUT2D eigenvalue weighted by Gasteiger charge is 2.23. The molecular formula is C18H16N2O3. The van der Waals surface area contributed by atoms with Crippen LogP contribution in [-0.2, 0) is 17.8 Å². The first-order chi connectivity index (χ1) is 11.2. The zero-order chi connectivity index (χ0) is 15.8. The lowest BCUT2D eigenvalue weighted by Crippen LogP contribution is -2.36. The summed E-state index contributed by atoms with van der Waals surface area (Å²) in [6, 6.07) is 13.4. The second kappa shape index (κ2) is 5.43. The van der Waals surface area contributed by atoms with Crippen LogP contribution in [0.1, 0.15) is 21.5 Å². The van der Waals surface area contributed by atoms with Crippen LogP contribution < -0.4 is 10.1 Å². The molecule has 0 saturated carbocycles. The van der Waals surface area contributed by atoms with Crippen molar-refractivity contribution in [3.05, 3.63) is 59.2 Å². The number of ether oxygens (including phenoxy) is 1.